The van der Waals surface area contributed by atoms with Crippen LogP contribution in [0.5, 0.6) is 5.75 Å². The van der Waals surface area contributed by atoms with Crippen molar-refractivity contribution >= 4 is 40.4 Å². The average Bonchev–Trinajstić information content (AvgIpc) is 3.12. The smallest absolute Gasteiger partial charge is 0.242 e. The molecule has 43 heavy (non-hydrogen) atoms. The number of ketones is 1. The van der Waals surface area contributed by atoms with E-state index in [0.717, 1.165) is 53.4 Å². The molecule has 0 bridgehead atoms. The van der Waals surface area contributed by atoms with Gasteiger partial charge in [-0.25, -0.2) is 0 Å². The number of anilines is 3. The van der Waals surface area contributed by atoms with E-state index < -0.39 is 6.04 Å². The monoisotopic (exact) mass is 598 g/mol. The number of carbonyl (C=O) groups excluding carboxylic acids is 2. The van der Waals surface area contributed by atoms with Crippen molar-refractivity contribution in [2.75, 3.05) is 55.0 Å². The van der Waals surface area contributed by atoms with E-state index in [1.807, 2.05) is 71.6 Å². The van der Waals surface area contributed by atoms with Crippen LogP contribution in [0.2, 0.25) is 5.02 Å². The number of piperazine rings is 1. The van der Waals surface area contributed by atoms with Crippen molar-refractivity contribution in [2.24, 2.45) is 5.41 Å². The van der Waals surface area contributed by atoms with Crippen LogP contribution in [0.3, 0.4) is 0 Å². The lowest BCUT2D eigenvalue weighted by Gasteiger charge is -2.40. The zero-order chi connectivity index (χ0) is 30.3. The molecule has 224 valence electrons. The lowest BCUT2D eigenvalue weighted by molar-refractivity contribution is -0.130. The maximum absolute atomic E-state index is 14.1. The SMILES string of the molecule is COc1cccc(C2C3=C(CC(C)(C)CC3=O)Nc3ccccc3N2CC(=O)N2CCN(c3cc(Cl)ccc3C)CC2)c1. The lowest BCUT2D eigenvalue weighted by atomic mass is 9.73. The average molecular weight is 599 g/mol. The first-order chi connectivity index (χ1) is 20.6. The van der Waals surface area contributed by atoms with Crippen molar-refractivity contribution in [3.63, 3.8) is 0 Å². The van der Waals surface area contributed by atoms with Gasteiger partial charge in [0.15, 0.2) is 5.78 Å². The molecule has 3 aromatic carbocycles. The number of aryl methyl sites for hydroxylation is 1. The molecule has 7 nitrogen and oxygen atoms in total. The number of ether oxygens (including phenoxy) is 1. The van der Waals surface area contributed by atoms with Crippen LogP contribution < -0.4 is 19.9 Å². The Morgan fingerprint density at radius 1 is 0.977 bits per heavy atom. The van der Waals surface area contributed by atoms with Crippen molar-refractivity contribution in [3.8, 4) is 5.75 Å². The number of rotatable bonds is 5. The van der Waals surface area contributed by atoms with Crippen LogP contribution in [0.4, 0.5) is 17.1 Å². The van der Waals surface area contributed by atoms with Gasteiger partial charge in [-0.3, -0.25) is 9.59 Å². The second-order valence-electron chi connectivity index (χ2n) is 12.6. The molecule has 1 unspecified atom stereocenters. The summed E-state index contributed by atoms with van der Waals surface area (Å²) in [5, 5.41) is 4.35. The van der Waals surface area contributed by atoms with E-state index in [0.29, 0.717) is 30.3 Å². The Bertz CT molecular complexity index is 1590. The molecule has 3 aromatic rings. The molecule has 2 aliphatic heterocycles. The molecule has 1 N–H and O–H groups in total. The van der Waals surface area contributed by atoms with E-state index in [-0.39, 0.29) is 23.7 Å². The fourth-order valence-electron chi connectivity index (χ4n) is 6.75. The number of benzene rings is 3. The van der Waals surface area contributed by atoms with Gasteiger partial charge in [-0.1, -0.05) is 55.8 Å². The molecule has 8 heteroatoms. The molecule has 3 aliphatic rings. The number of halogens is 1. The molecule has 0 saturated carbocycles. The summed E-state index contributed by atoms with van der Waals surface area (Å²) in [7, 11) is 1.65. The predicted octanol–water partition coefficient (Wildman–Crippen LogP) is 6.62. The van der Waals surface area contributed by atoms with Gasteiger partial charge in [-0.15, -0.1) is 0 Å². The largest absolute Gasteiger partial charge is 0.497 e. The summed E-state index contributed by atoms with van der Waals surface area (Å²) < 4.78 is 5.59. The summed E-state index contributed by atoms with van der Waals surface area (Å²) in [6.07, 6.45) is 1.20. The highest BCUT2D eigenvalue weighted by Crippen LogP contribution is 2.48. The number of allylic oxidation sites excluding steroid dienone is 1. The van der Waals surface area contributed by atoms with Crippen LogP contribution in [0.1, 0.15) is 43.9 Å². The molecular formula is C35H39ClN4O3. The fourth-order valence-corrected chi connectivity index (χ4v) is 6.92. The van der Waals surface area contributed by atoms with Crippen molar-refractivity contribution in [3.05, 3.63) is 94.1 Å². The van der Waals surface area contributed by atoms with E-state index in [4.69, 9.17) is 16.3 Å². The van der Waals surface area contributed by atoms with Crippen LogP contribution in [0, 0.1) is 12.3 Å². The first-order valence-corrected chi connectivity index (χ1v) is 15.3. The number of methoxy groups -OCH3 is 1. The number of hydrogen-bond donors (Lipinski definition) is 1. The van der Waals surface area contributed by atoms with Gasteiger partial charge in [0.1, 0.15) is 5.75 Å². The van der Waals surface area contributed by atoms with Crippen LogP contribution in [0.25, 0.3) is 0 Å². The Hall–Kier alpha value is -3.97. The summed E-state index contributed by atoms with van der Waals surface area (Å²) >= 11 is 6.30. The van der Waals surface area contributed by atoms with E-state index in [1.165, 1.54) is 5.56 Å². The fraction of sp³-hybridized carbons (Fsp3) is 0.371. The quantitative estimate of drug-likeness (QED) is 0.356. The first kappa shape index (κ1) is 29.1. The summed E-state index contributed by atoms with van der Waals surface area (Å²) in [6.45, 7) is 9.19. The van der Waals surface area contributed by atoms with E-state index in [9.17, 15) is 9.59 Å². The molecule has 1 aliphatic carbocycles. The first-order valence-electron chi connectivity index (χ1n) is 15.0. The highest BCUT2D eigenvalue weighted by atomic mass is 35.5. The van der Waals surface area contributed by atoms with Crippen LogP contribution >= 0.6 is 11.6 Å². The normalized spacial score (nSPS) is 19.8. The van der Waals surface area contributed by atoms with Gasteiger partial charge in [0, 0.05) is 54.6 Å². The Kier molecular flexibility index (Phi) is 7.86. The second-order valence-corrected chi connectivity index (χ2v) is 13.0. The summed E-state index contributed by atoms with van der Waals surface area (Å²) in [5.41, 5.74) is 6.51. The third-order valence-electron chi connectivity index (χ3n) is 8.86. The van der Waals surface area contributed by atoms with Crippen molar-refractivity contribution in [1.29, 1.82) is 0 Å². The predicted molar refractivity (Wildman–Crippen MR) is 173 cm³/mol. The zero-order valence-electron chi connectivity index (χ0n) is 25.3. The molecule has 1 amide bonds. The van der Waals surface area contributed by atoms with Crippen LogP contribution in [0.15, 0.2) is 78.0 Å². The highest BCUT2D eigenvalue weighted by Gasteiger charge is 2.42. The van der Waals surface area contributed by atoms with Crippen molar-refractivity contribution in [2.45, 2.75) is 39.7 Å². The van der Waals surface area contributed by atoms with Crippen LogP contribution in [-0.4, -0.2) is 56.4 Å². The molecule has 0 spiro atoms. The molecular weight excluding hydrogens is 560 g/mol. The third kappa shape index (κ3) is 5.83. The number of Topliss-reactive ketones (excluding diaryl/α,β-unsaturated/α-hetero) is 1. The van der Waals surface area contributed by atoms with Gasteiger partial charge in [-0.05, 0) is 66.3 Å². The maximum Gasteiger partial charge on any atom is 0.242 e. The van der Waals surface area contributed by atoms with E-state index >= 15 is 0 Å². The second kappa shape index (κ2) is 11.6. The molecule has 6 rings (SSSR count). The zero-order valence-corrected chi connectivity index (χ0v) is 26.1. The minimum atomic E-state index is -0.441. The molecule has 1 fully saturated rings. The lowest BCUT2D eigenvalue weighted by Crippen LogP contribution is -2.52. The molecule has 2 heterocycles. The van der Waals surface area contributed by atoms with Gasteiger partial charge >= 0.3 is 0 Å². The molecule has 0 aromatic heterocycles. The Morgan fingerprint density at radius 2 is 1.74 bits per heavy atom. The summed E-state index contributed by atoms with van der Waals surface area (Å²) in [4.78, 5) is 34.4. The summed E-state index contributed by atoms with van der Waals surface area (Å²) in [6, 6.07) is 21.4. The molecule has 0 radical (unpaired) electrons. The van der Waals surface area contributed by atoms with Gasteiger partial charge in [0.25, 0.3) is 0 Å². The van der Waals surface area contributed by atoms with Crippen molar-refractivity contribution < 1.29 is 14.3 Å². The Morgan fingerprint density at radius 3 is 2.51 bits per heavy atom. The Labute approximate surface area is 259 Å². The molecule has 1 saturated heterocycles. The number of hydrogen-bond acceptors (Lipinski definition) is 6. The minimum absolute atomic E-state index is 0.0396. The van der Waals surface area contributed by atoms with Crippen molar-refractivity contribution in [1.82, 2.24) is 4.90 Å². The van der Waals surface area contributed by atoms with Crippen LogP contribution in [-0.2, 0) is 9.59 Å². The van der Waals surface area contributed by atoms with Gasteiger partial charge in [0.05, 0.1) is 31.1 Å². The van der Waals surface area contributed by atoms with Gasteiger partial charge < -0.3 is 24.8 Å². The topological polar surface area (TPSA) is 65.1 Å². The van der Waals surface area contributed by atoms with Gasteiger partial charge in [0.2, 0.25) is 5.91 Å². The third-order valence-corrected chi connectivity index (χ3v) is 9.10. The van der Waals surface area contributed by atoms with Gasteiger partial charge in [-0.2, -0.15) is 0 Å². The molecule has 1 atom stereocenters. The number of fused-ring (bicyclic) bond motifs is 1. The highest BCUT2D eigenvalue weighted by molar-refractivity contribution is 6.30. The van der Waals surface area contributed by atoms with E-state index in [1.54, 1.807) is 7.11 Å². The Balaban J connectivity index is 1.35. The number of amides is 1. The standard InChI is InChI=1S/C35H39ClN4O3/c1-23-12-13-25(36)19-30(23)38-14-16-39(17-15-38)32(42)22-40-29-11-6-5-10-27(29)37-28-20-35(2,3)21-31(41)33(28)34(40)24-8-7-9-26(18-24)43-4/h5-13,18-19,34,37H,14-17,20-22H2,1-4H3. The maximum atomic E-state index is 14.1. The number of carbonyl (C=O) groups is 2. The number of nitrogens with one attached hydrogen (secondary N) is 1. The number of nitrogens with zero attached hydrogens (tertiary/aromatic N) is 3. The van der Waals surface area contributed by atoms with E-state index in [2.05, 4.69) is 35.9 Å². The minimum Gasteiger partial charge on any atom is -0.497 e. The summed E-state index contributed by atoms with van der Waals surface area (Å²) in [5.74, 6) is 0.868. The number of para-hydroxylation sites is 2.